The zero-order valence-corrected chi connectivity index (χ0v) is 15.8. The largest absolute Gasteiger partial charge is 0.354 e. The lowest BCUT2D eigenvalue weighted by Gasteiger charge is -2.18. The predicted molar refractivity (Wildman–Crippen MR) is 102 cm³/mol. The van der Waals surface area contributed by atoms with E-state index in [1.54, 1.807) is 0 Å². The summed E-state index contributed by atoms with van der Waals surface area (Å²) in [5.41, 5.74) is 8.10. The lowest BCUT2D eigenvalue weighted by Crippen LogP contribution is -2.45. The average molecular weight is 353 g/mol. The van der Waals surface area contributed by atoms with E-state index in [2.05, 4.69) is 29.8 Å². The van der Waals surface area contributed by atoms with Crippen molar-refractivity contribution in [1.82, 2.24) is 14.9 Å². The first-order chi connectivity index (χ1) is 11.0. The molecule has 0 radical (unpaired) electrons. The quantitative estimate of drug-likeness (QED) is 0.804. The van der Waals surface area contributed by atoms with Gasteiger partial charge in [-0.25, -0.2) is 4.98 Å². The fourth-order valence-corrected chi connectivity index (χ4v) is 2.77. The lowest BCUT2D eigenvalue weighted by molar-refractivity contribution is -0.123. The zero-order chi connectivity index (χ0) is 17.0. The Bertz CT molecular complexity index is 668. The molecule has 134 valence electrons. The molecule has 0 saturated carbocycles. The number of benzene rings is 1. The van der Waals surface area contributed by atoms with Gasteiger partial charge in [0, 0.05) is 19.0 Å². The molecular formula is C18H29ClN4O. The van der Waals surface area contributed by atoms with Crippen molar-refractivity contribution in [1.29, 1.82) is 0 Å². The van der Waals surface area contributed by atoms with Crippen LogP contribution in [0.2, 0.25) is 0 Å². The molecule has 6 heteroatoms. The molecule has 0 spiro atoms. The van der Waals surface area contributed by atoms with Crippen molar-refractivity contribution in [3.63, 3.8) is 0 Å². The molecule has 0 fully saturated rings. The van der Waals surface area contributed by atoms with Crippen LogP contribution >= 0.6 is 12.4 Å². The fraction of sp³-hybridized carbons (Fsp3) is 0.556. The highest BCUT2D eigenvalue weighted by Gasteiger charge is 2.19. The number of halogens is 1. The van der Waals surface area contributed by atoms with Crippen LogP contribution in [0.1, 0.15) is 46.0 Å². The Kier molecular flexibility index (Phi) is 7.70. The highest BCUT2D eigenvalue weighted by atomic mass is 35.5. The van der Waals surface area contributed by atoms with E-state index < -0.39 is 6.04 Å². The van der Waals surface area contributed by atoms with Gasteiger partial charge in [-0.05, 0) is 31.9 Å². The first-order valence-corrected chi connectivity index (χ1v) is 8.44. The van der Waals surface area contributed by atoms with Crippen molar-refractivity contribution in [2.45, 2.75) is 52.6 Å². The third-order valence-electron chi connectivity index (χ3n) is 4.39. The van der Waals surface area contributed by atoms with Crippen molar-refractivity contribution in [3.8, 4) is 0 Å². The predicted octanol–water partition coefficient (Wildman–Crippen LogP) is 3.07. The van der Waals surface area contributed by atoms with Crippen molar-refractivity contribution in [3.05, 3.63) is 30.1 Å². The second kappa shape index (κ2) is 9.04. The third-order valence-corrected chi connectivity index (χ3v) is 4.39. The summed E-state index contributed by atoms with van der Waals surface area (Å²) < 4.78 is 2.23. The molecule has 1 amide bonds. The monoisotopic (exact) mass is 352 g/mol. The zero-order valence-electron chi connectivity index (χ0n) is 15.0. The summed E-state index contributed by atoms with van der Waals surface area (Å²) >= 11 is 0. The molecular weight excluding hydrogens is 324 g/mol. The van der Waals surface area contributed by atoms with Crippen LogP contribution in [-0.2, 0) is 11.2 Å². The Morgan fingerprint density at radius 2 is 1.96 bits per heavy atom. The minimum atomic E-state index is -0.441. The summed E-state index contributed by atoms with van der Waals surface area (Å²) in [6.45, 7) is 8.90. The Labute approximate surface area is 150 Å². The van der Waals surface area contributed by atoms with E-state index >= 15 is 0 Å². The third kappa shape index (κ3) is 4.48. The summed E-state index contributed by atoms with van der Waals surface area (Å²) in [6.07, 6.45) is 1.60. The highest BCUT2D eigenvalue weighted by molar-refractivity contribution is 5.85. The van der Waals surface area contributed by atoms with Crippen LogP contribution in [-0.4, -0.2) is 28.0 Å². The molecule has 2 atom stereocenters. The van der Waals surface area contributed by atoms with E-state index in [1.165, 1.54) is 0 Å². The molecule has 3 N–H and O–H groups in total. The molecule has 2 unspecified atom stereocenters. The Balaban J connectivity index is 0.00000288. The number of hydrogen-bond acceptors (Lipinski definition) is 3. The lowest BCUT2D eigenvalue weighted by atomic mass is 9.99. The van der Waals surface area contributed by atoms with Crippen LogP contribution in [0.5, 0.6) is 0 Å². The van der Waals surface area contributed by atoms with E-state index in [0.717, 1.165) is 23.3 Å². The second-order valence-electron chi connectivity index (χ2n) is 6.43. The number of amides is 1. The summed E-state index contributed by atoms with van der Waals surface area (Å²) in [4.78, 5) is 16.8. The Hall–Kier alpha value is -1.59. The summed E-state index contributed by atoms with van der Waals surface area (Å²) in [5.74, 6) is 1.11. The van der Waals surface area contributed by atoms with Crippen LogP contribution < -0.4 is 11.1 Å². The summed E-state index contributed by atoms with van der Waals surface area (Å²) in [6, 6.07) is 8.02. The van der Waals surface area contributed by atoms with Crippen molar-refractivity contribution in [2.75, 3.05) is 6.54 Å². The van der Waals surface area contributed by atoms with E-state index in [9.17, 15) is 4.79 Å². The number of nitrogens with two attached hydrogens (primary N) is 1. The van der Waals surface area contributed by atoms with Gasteiger partial charge >= 0.3 is 0 Å². The molecule has 24 heavy (non-hydrogen) atoms. The van der Waals surface area contributed by atoms with Gasteiger partial charge < -0.3 is 15.6 Å². The number of para-hydroxylation sites is 2. The van der Waals surface area contributed by atoms with Crippen molar-refractivity contribution in [2.24, 2.45) is 11.7 Å². The maximum atomic E-state index is 12.1. The molecule has 0 aliphatic heterocycles. The fourth-order valence-electron chi connectivity index (χ4n) is 2.77. The first kappa shape index (κ1) is 20.5. The number of fused-ring (bicyclic) bond motifs is 1. The van der Waals surface area contributed by atoms with E-state index in [4.69, 9.17) is 10.7 Å². The van der Waals surface area contributed by atoms with Gasteiger partial charge in [0.1, 0.15) is 5.82 Å². The van der Waals surface area contributed by atoms with Gasteiger partial charge in [-0.1, -0.05) is 32.4 Å². The molecule has 2 rings (SSSR count). The highest BCUT2D eigenvalue weighted by Crippen LogP contribution is 2.21. The molecule has 1 aromatic heterocycles. The average Bonchev–Trinajstić information content (AvgIpc) is 2.91. The SMILES string of the molecule is CCC(C)C(N)C(=O)NCCc1nc2ccccc2n1C(C)C.Cl. The van der Waals surface area contributed by atoms with Crippen molar-refractivity contribution >= 4 is 29.3 Å². The molecule has 1 aromatic carbocycles. The number of nitrogens with zero attached hydrogens (tertiary/aromatic N) is 2. The minimum absolute atomic E-state index is 0. The first-order valence-electron chi connectivity index (χ1n) is 8.44. The van der Waals surface area contributed by atoms with Gasteiger partial charge in [-0.3, -0.25) is 4.79 Å². The second-order valence-corrected chi connectivity index (χ2v) is 6.43. The molecule has 2 aromatic rings. The Morgan fingerprint density at radius 1 is 1.29 bits per heavy atom. The minimum Gasteiger partial charge on any atom is -0.354 e. The molecule has 0 saturated heterocycles. The maximum absolute atomic E-state index is 12.1. The van der Waals surface area contributed by atoms with Crippen molar-refractivity contribution < 1.29 is 4.79 Å². The number of rotatable bonds is 7. The normalized spacial score (nSPS) is 13.6. The van der Waals surface area contributed by atoms with Gasteiger partial charge in [0.15, 0.2) is 0 Å². The van der Waals surface area contributed by atoms with Crippen LogP contribution in [0.3, 0.4) is 0 Å². The van der Waals surface area contributed by atoms with E-state index in [0.29, 0.717) is 19.0 Å². The van der Waals surface area contributed by atoms with Gasteiger partial charge in [-0.2, -0.15) is 0 Å². The number of imidazole rings is 1. The summed E-state index contributed by atoms with van der Waals surface area (Å²) in [5, 5.41) is 2.94. The van der Waals surface area contributed by atoms with E-state index in [-0.39, 0.29) is 24.2 Å². The van der Waals surface area contributed by atoms with Crippen LogP contribution in [0.25, 0.3) is 11.0 Å². The van der Waals surface area contributed by atoms with Gasteiger partial charge in [0.05, 0.1) is 17.1 Å². The molecule has 0 aliphatic rings. The molecule has 0 aliphatic carbocycles. The smallest absolute Gasteiger partial charge is 0.237 e. The molecule has 0 bridgehead atoms. The summed E-state index contributed by atoms with van der Waals surface area (Å²) in [7, 11) is 0. The van der Waals surface area contributed by atoms with E-state index in [1.807, 2.05) is 32.0 Å². The van der Waals surface area contributed by atoms with Gasteiger partial charge in [0.25, 0.3) is 0 Å². The van der Waals surface area contributed by atoms with Gasteiger partial charge in [0.2, 0.25) is 5.91 Å². The number of aromatic nitrogens is 2. The molecule has 5 nitrogen and oxygen atoms in total. The van der Waals surface area contributed by atoms with Crippen LogP contribution in [0.15, 0.2) is 24.3 Å². The van der Waals surface area contributed by atoms with Gasteiger partial charge in [-0.15, -0.1) is 12.4 Å². The topological polar surface area (TPSA) is 72.9 Å². The van der Waals surface area contributed by atoms with Crippen LogP contribution in [0, 0.1) is 5.92 Å². The maximum Gasteiger partial charge on any atom is 0.237 e. The number of hydrogen-bond donors (Lipinski definition) is 2. The molecule has 1 heterocycles. The number of nitrogens with one attached hydrogen (secondary N) is 1. The van der Waals surface area contributed by atoms with Crippen LogP contribution in [0.4, 0.5) is 0 Å². The number of carbonyl (C=O) groups is 1. The number of carbonyl (C=O) groups excluding carboxylic acids is 1. The Morgan fingerprint density at radius 3 is 2.58 bits per heavy atom. The standard InChI is InChI=1S/C18H28N4O.ClH/c1-5-13(4)17(19)18(23)20-11-10-16-21-14-8-6-7-9-15(14)22(16)12(2)3;/h6-9,12-13,17H,5,10-11,19H2,1-4H3,(H,20,23);1H.